The standard InChI is InChI=1S/C14H31N3O/c1-12(2)10-13(11-17(3)4)16-14(18)8-6-5-7-9-15/h12-13H,5-11,15H2,1-4H3,(H,16,18). The van der Waals surface area contributed by atoms with E-state index >= 15 is 0 Å². The average molecular weight is 257 g/mol. The van der Waals surface area contributed by atoms with Gasteiger partial charge in [0.15, 0.2) is 0 Å². The maximum Gasteiger partial charge on any atom is 0.220 e. The fourth-order valence-electron chi connectivity index (χ4n) is 2.10. The number of rotatable bonds is 10. The Balaban J connectivity index is 3.94. The minimum Gasteiger partial charge on any atom is -0.352 e. The van der Waals surface area contributed by atoms with E-state index in [1.54, 1.807) is 0 Å². The molecule has 0 aromatic heterocycles. The highest BCUT2D eigenvalue weighted by Gasteiger charge is 2.14. The third-order valence-electron chi connectivity index (χ3n) is 2.81. The van der Waals surface area contributed by atoms with Gasteiger partial charge in [-0.15, -0.1) is 0 Å². The lowest BCUT2D eigenvalue weighted by molar-refractivity contribution is -0.122. The maximum absolute atomic E-state index is 11.8. The van der Waals surface area contributed by atoms with E-state index < -0.39 is 0 Å². The summed E-state index contributed by atoms with van der Waals surface area (Å²) >= 11 is 0. The van der Waals surface area contributed by atoms with Crippen molar-refractivity contribution in [2.75, 3.05) is 27.2 Å². The Kier molecular flexibility index (Phi) is 9.98. The minimum atomic E-state index is 0.180. The molecule has 0 saturated carbocycles. The van der Waals surface area contributed by atoms with Gasteiger partial charge in [-0.05, 0) is 45.8 Å². The first-order chi connectivity index (χ1) is 8.45. The average Bonchev–Trinajstić information content (AvgIpc) is 2.22. The molecule has 18 heavy (non-hydrogen) atoms. The predicted octanol–water partition coefficient (Wildman–Crippen LogP) is 1.60. The summed E-state index contributed by atoms with van der Waals surface area (Å²) in [4.78, 5) is 13.9. The van der Waals surface area contributed by atoms with Gasteiger partial charge in [-0.2, -0.15) is 0 Å². The molecule has 108 valence electrons. The SMILES string of the molecule is CC(C)CC(CN(C)C)NC(=O)CCCCCN. The third-order valence-corrected chi connectivity index (χ3v) is 2.81. The molecular formula is C14H31N3O. The van der Waals surface area contributed by atoms with Crippen LogP contribution in [0.4, 0.5) is 0 Å². The van der Waals surface area contributed by atoms with Gasteiger partial charge < -0.3 is 16.0 Å². The van der Waals surface area contributed by atoms with Crippen molar-refractivity contribution in [3.8, 4) is 0 Å². The van der Waals surface area contributed by atoms with Gasteiger partial charge in [0.05, 0.1) is 0 Å². The fourth-order valence-corrected chi connectivity index (χ4v) is 2.10. The van der Waals surface area contributed by atoms with Crippen LogP contribution in [-0.2, 0) is 4.79 Å². The normalized spacial score (nSPS) is 13.1. The van der Waals surface area contributed by atoms with E-state index in [2.05, 4.69) is 24.1 Å². The summed E-state index contributed by atoms with van der Waals surface area (Å²) in [7, 11) is 4.08. The van der Waals surface area contributed by atoms with Gasteiger partial charge in [-0.25, -0.2) is 0 Å². The number of unbranched alkanes of at least 4 members (excludes halogenated alkanes) is 2. The highest BCUT2D eigenvalue weighted by molar-refractivity contribution is 5.76. The van der Waals surface area contributed by atoms with Crippen LogP contribution in [-0.4, -0.2) is 44.0 Å². The number of hydrogen-bond acceptors (Lipinski definition) is 3. The lowest BCUT2D eigenvalue weighted by atomic mass is 10.0. The van der Waals surface area contributed by atoms with Gasteiger partial charge in [0, 0.05) is 19.0 Å². The number of carbonyl (C=O) groups is 1. The highest BCUT2D eigenvalue weighted by Crippen LogP contribution is 2.07. The van der Waals surface area contributed by atoms with Crippen molar-refractivity contribution >= 4 is 5.91 Å². The van der Waals surface area contributed by atoms with Gasteiger partial charge in [0.1, 0.15) is 0 Å². The first-order valence-electron chi connectivity index (χ1n) is 7.09. The molecular weight excluding hydrogens is 226 g/mol. The van der Waals surface area contributed by atoms with Gasteiger partial charge in [-0.1, -0.05) is 20.3 Å². The second-order valence-corrected chi connectivity index (χ2v) is 5.76. The number of nitrogens with one attached hydrogen (secondary N) is 1. The number of likely N-dealkylation sites (N-methyl/N-ethyl adjacent to an activating group) is 1. The van der Waals surface area contributed by atoms with Gasteiger partial charge in [-0.3, -0.25) is 4.79 Å². The number of nitrogens with zero attached hydrogens (tertiary/aromatic N) is 1. The number of amides is 1. The third kappa shape index (κ3) is 10.5. The van der Waals surface area contributed by atoms with E-state index in [1.165, 1.54) is 0 Å². The van der Waals surface area contributed by atoms with Crippen molar-refractivity contribution in [1.29, 1.82) is 0 Å². The Bertz CT molecular complexity index is 207. The maximum atomic E-state index is 11.8. The van der Waals surface area contributed by atoms with Crippen molar-refractivity contribution in [3.63, 3.8) is 0 Å². The minimum absolute atomic E-state index is 0.180. The van der Waals surface area contributed by atoms with Crippen LogP contribution in [0.25, 0.3) is 0 Å². The molecule has 0 heterocycles. The number of nitrogens with two attached hydrogens (primary N) is 1. The van der Waals surface area contributed by atoms with Crippen LogP contribution in [0.3, 0.4) is 0 Å². The summed E-state index contributed by atoms with van der Waals surface area (Å²) in [6, 6.07) is 0.266. The molecule has 0 aliphatic rings. The Morgan fingerprint density at radius 1 is 1.22 bits per heavy atom. The number of carbonyl (C=O) groups excluding carboxylic acids is 1. The summed E-state index contributed by atoms with van der Waals surface area (Å²) in [6.07, 6.45) is 4.67. The van der Waals surface area contributed by atoms with Crippen molar-refractivity contribution in [3.05, 3.63) is 0 Å². The van der Waals surface area contributed by atoms with Crippen LogP contribution in [0, 0.1) is 5.92 Å². The van der Waals surface area contributed by atoms with E-state index in [0.29, 0.717) is 12.3 Å². The summed E-state index contributed by atoms with van der Waals surface area (Å²) in [5, 5.41) is 3.14. The quantitative estimate of drug-likeness (QED) is 0.584. The second kappa shape index (κ2) is 10.3. The van der Waals surface area contributed by atoms with Gasteiger partial charge in [0.2, 0.25) is 5.91 Å². The summed E-state index contributed by atoms with van der Waals surface area (Å²) in [5.41, 5.74) is 5.43. The van der Waals surface area contributed by atoms with Crippen LogP contribution in [0.5, 0.6) is 0 Å². The molecule has 0 rings (SSSR count). The van der Waals surface area contributed by atoms with Crippen LogP contribution in [0.1, 0.15) is 46.0 Å². The first kappa shape index (κ1) is 17.4. The van der Waals surface area contributed by atoms with Crippen LogP contribution in [0.15, 0.2) is 0 Å². The summed E-state index contributed by atoms with van der Waals surface area (Å²) in [6.45, 7) is 6.01. The van der Waals surface area contributed by atoms with E-state index in [1.807, 2.05) is 14.1 Å². The molecule has 0 aliphatic heterocycles. The molecule has 1 atom stereocenters. The van der Waals surface area contributed by atoms with Crippen molar-refractivity contribution in [1.82, 2.24) is 10.2 Å². The topological polar surface area (TPSA) is 58.4 Å². The fraction of sp³-hybridized carbons (Fsp3) is 0.929. The second-order valence-electron chi connectivity index (χ2n) is 5.76. The molecule has 4 heteroatoms. The molecule has 1 unspecified atom stereocenters. The van der Waals surface area contributed by atoms with Crippen LogP contribution < -0.4 is 11.1 Å². The Morgan fingerprint density at radius 2 is 1.89 bits per heavy atom. The molecule has 0 aliphatic carbocycles. The smallest absolute Gasteiger partial charge is 0.220 e. The molecule has 0 spiro atoms. The molecule has 0 aromatic carbocycles. The molecule has 0 aromatic rings. The van der Waals surface area contributed by atoms with E-state index in [0.717, 1.165) is 38.8 Å². The Hall–Kier alpha value is -0.610. The first-order valence-corrected chi connectivity index (χ1v) is 7.09. The van der Waals surface area contributed by atoms with Crippen LogP contribution >= 0.6 is 0 Å². The molecule has 3 N–H and O–H groups in total. The highest BCUT2D eigenvalue weighted by atomic mass is 16.1. The van der Waals surface area contributed by atoms with E-state index in [4.69, 9.17) is 5.73 Å². The van der Waals surface area contributed by atoms with E-state index in [-0.39, 0.29) is 11.9 Å². The summed E-state index contributed by atoms with van der Waals surface area (Å²) in [5.74, 6) is 0.784. The molecule has 4 nitrogen and oxygen atoms in total. The van der Waals surface area contributed by atoms with Gasteiger partial charge in [0.25, 0.3) is 0 Å². The lowest BCUT2D eigenvalue weighted by Gasteiger charge is -2.24. The van der Waals surface area contributed by atoms with E-state index in [9.17, 15) is 4.79 Å². The zero-order chi connectivity index (χ0) is 14.0. The van der Waals surface area contributed by atoms with Crippen molar-refractivity contribution < 1.29 is 4.79 Å². The monoisotopic (exact) mass is 257 g/mol. The van der Waals surface area contributed by atoms with Gasteiger partial charge >= 0.3 is 0 Å². The molecule has 1 amide bonds. The lowest BCUT2D eigenvalue weighted by Crippen LogP contribution is -2.42. The molecule has 0 bridgehead atoms. The molecule has 0 radical (unpaired) electrons. The zero-order valence-electron chi connectivity index (χ0n) is 12.5. The van der Waals surface area contributed by atoms with Crippen molar-refractivity contribution in [2.45, 2.75) is 52.0 Å². The number of hydrogen-bond donors (Lipinski definition) is 2. The predicted molar refractivity (Wildman–Crippen MR) is 77.5 cm³/mol. The summed E-state index contributed by atoms with van der Waals surface area (Å²) < 4.78 is 0. The van der Waals surface area contributed by atoms with Crippen LogP contribution in [0.2, 0.25) is 0 Å². The molecule has 0 saturated heterocycles. The Labute approximate surface area is 112 Å². The van der Waals surface area contributed by atoms with Crippen molar-refractivity contribution in [2.24, 2.45) is 11.7 Å². The largest absolute Gasteiger partial charge is 0.352 e. The molecule has 0 fully saturated rings. The zero-order valence-corrected chi connectivity index (χ0v) is 12.5. The Morgan fingerprint density at radius 3 is 2.39 bits per heavy atom.